The number of para-hydroxylation sites is 1. The summed E-state index contributed by atoms with van der Waals surface area (Å²) in [4.78, 5) is 25.3. The van der Waals surface area contributed by atoms with Crippen LogP contribution in [0.2, 0.25) is 0 Å². The van der Waals surface area contributed by atoms with Gasteiger partial charge in [-0.25, -0.2) is 9.59 Å². The number of nitrogens with one attached hydrogen (secondary N) is 1. The van der Waals surface area contributed by atoms with Crippen molar-refractivity contribution in [2.24, 2.45) is 0 Å². The molecule has 1 aromatic rings. The number of benzene rings is 1. The molecule has 2 atom stereocenters. The number of hydrogen-bond donors (Lipinski definition) is 2. The minimum atomic E-state index is -0.947. The summed E-state index contributed by atoms with van der Waals surface area (Å²) in [5.74, 6) is -0.506. The molecule has 1 fully saturated rings. The van der Waals surface area contributed by atoms with E-state index in [4.69, 9.17) is 0 Å². The van der Waals surface area contributed by atoms with E-state index < -0.39 is 12.0 Å². The smallest absolute Gasteiger partial charge is 0.327 e. The number of nitrogens with zero attached hydrogens (tertiary/aromatic N) is 1. The van der Waals surface area contributed by atoms with Crippen LogP contribution >= 0.6 is 11.8 Å². The molecule has 2 amide bonds. The number of carbonyl (C=O) groups excluding carboxylic acids is 1. The highest BCUT2D eigenvalue weighted by Crippen LogP contribution is 2.32. The van der Waals surface area contributed by atoms with Crippen LogP contribution in [0.25, 0.3) is 0 Å². The van der Waals surface area contributed by atoms with Gasteiger partial charge in [0.1, 0.15) is 6.04 Å². The van der Waals surface area contributed by atoms with Gasteiger partial charge in [0.05, 0.1) is 5.37 Å². The summed E-state index contributed by atoms with van der Waals surface area (Å²) in [7, 11) is 0. The molecule has 2 N–H and O–H groups in total. The highest BCUT2D eigenvalue weighted by atomic mass is 32.2. The zero-order valence-electron chi connectivity index (χ0n) is 12.2. The average Bonchev–Trinajstić information content (AvgIpc) is 2.92. The third-order valence-electron chi connectivity index (χ3n) is 3.60. The van der Waals surface area contributed by atoms with E-state index in [1.165, 1.54) is 16.7 Å². The summed E-state index contributed by atoms with van der Waals surface area (Å²) in [6, 6.07) is 6.50. The van der Waals surface area contributed by atoms with Crippen molar-refractivity contribution in [2.75, 3.05) is 11.1 Å². The molecule has 2 unspecified atom stereocenters. The van der Waals surface area contributed by atoms with Crippen molar-refractivity contribution in [3.63, 3.8) is 0 Å². The van der Waals surface area contributed by atoms with Crippen LogP contribution in [0.3, 0.4) is 0 Å². The molecule has 5 nitrogen and oxygen atoms in total. The molecule has 21 heavy (non-hydrogen) atoms. The Balaban J connectivity index is 2.19. The molecule has 1 saturated heterocycles. The highest BCUT2D eigenvalue weighted by Gasteiger charge is 2.40. The first kappa shape index (κ1) is 15.7. The predicted octanol–water partition coefficient (Wildman–Crippen LogP) is 3.02. The number of rotatable bonds is 4. The van der Waals surface area contributed by atoms with Gasteiger partial charge in [-0.2, -0.15) is 0 Å². The number of anilines is 1. The van der Waals surface area contributed by atoms with E-state index in [1.54, 1.807) is 0 Å². The maximum absolute atomic E-state index is 12.5. The van der Waals surface area contributed by atoms with E-state index in [2.05, 4.69) is 5.32 Å². The van der Waals surface area contributed by atoms with E-state index in [0.717, 1.165) is 24.1 Å². The number of carboxylic acid groups (broad SMARTS) is 1. The quantitative estimate of drug-likeness (QED) is 0.897. The molecule has 0 saturated carbocycles. The summed E-state index contributed by atoms with van der Waals surface area (Å²) >= 11 is 1.52. The Morgan fingerprint density at radius 3 is 2.71 bits per heavy atom. The van der Waals surface area contributed by atoms with Gasteiger partial charge in [0.2, 0.25) is 0 Å². The lowest BCUT2D eigenvalue weighted by Crippen LogP contribution is -2.47. The Morgan fingerprint density at radius 1 is 1.38 bits per heavy atom. The summed E-state index contributed by atoms with van der Waals surface area (Å²) in [6.07, 6.45) is 1.54. The predicted molar refractivity (Wildman–Crippen MR) is 84.6 cm³/mol. The fourth-order valence-electron chi connectivity index (χ4n) is 2.47. The monoisotopic (exact) mass is 308 g/mol. The molecule has 1 heterocycles. The lowest BCUT2D eigenvalue weighted by atomic mass is 10.1. The van der Waals surface area contributed by atoms with E-state index in [-0.39, 0.29) is 11.4 Å². The molecule has 1 aliphatic heterocycles. The largest absolute Gasteiger partial charge is 0.480 e. The van der Waals surface area contributed by atoms with Crippen LogP contribution in [0.15, 0.2) is 24.3 Å². The van der Waals surface area contributed by atoms with Crippen molar-refractivity contribution in [3.05, 3.63) is 29.8 Å². The van der Waals surface area contributed by atoms with Crippen LogP contribution in [-0.2, 0) is 11.2 Å². The lowest BCUT2D eigenvalue weighted by molar-refractivity contribution is -0.141. The Bertz CT molecular complexity index is 535. The summed E-state index contributed by atoms with van der Waals surface area (Å²) in [5.41, 5.74) is 1.79. The molecule has 0 radical (unpaired) electrons. The van der Waals surface area contributed by atoms with Gasteiger partial charge in [0, 0.05) is 11.4 Å². The second-order valence-corrected chi connectivity index (χ2v) is 6.11. The van der Waals surface area contributed by atoms with Gasteiger partial charge in [0.15, 0.2) is 0 Å². The second-order valence-electron chi connectivity index (χ2n) is 4.90. The number of urea groups is 1. The first-order valence-electron chi connectivity index (χ1n) is 7.10. The van der Waals surface area contributed by atoms with Gasteiger partial charge in [0.25, 0.3) is 0 Å². The fraction of sp³-hybridized carbons (Fsp3) is 0.467. The summed E-state index contributed by atoms with van der Waals surface area (Å²) < 4.78 is 0. The van der Waals surface area contributed by atoms with Crippen molar-refractivity contribution in [3.8, 4) is 0 Å². The average molecular weight is 308 g/mol. The Hall–Kier alpha value is -1.69. The van der Waals surface area contributed by atoms with Gasteiger partial charge in [-0.15, -0.1) is 11.8 Å². The van der Waals surface area contributed by atoms with Crippen molar-refractivity contribution >= 4 is 29.4 Å². The summed E-state index contributed by atoms with van der Waals surface area (Å²) in [6.45, 7) is 3.98. The summed E-state index contributed by atoms with van der Waals surface area (Å²) in [5, 5.41) is 12.1. The Morgan fingerprint density at radius 2 is 2.10 bits per heavy atom. The Kier molecular flexibility index (Phi) is 5.12. The van der Waals surface area contributed by atoms with Gasteiger partial charge >= 0.3 is 12.0 Å². The maximum Gasteiger partial charge on any atom is 0.327 e. The number of amides is 2. The molecule has 2 rings (SSSR count). The maximum atomic E-state index is 12.5. The first-order valence-corrected chi connectivity index (χ1v) is 8.15. The second kappa shape index (κ2) is 6.85. The number of carboxylic acids is 1. The third kappa shape index (κ3) is 3.32. The van der Waals surface area contributed by atoms with Gasteiger partial charge in [-0.3, -0.25) is 4.90 Å². The van der Waals surface area contributed by atoms with E-state index in [1.807, 2.05) is 38.1 Å². The minimum absolute atomic E-state index is 0.0834. The van der Waals surface area contributed by atoms with Gasteiger partial charge < -0.3 is 10.4 Å². The number of hydrogen-bond acceptors (Lipinski definition) is 3. The van der Waals surface area contributed by atoms with E-state index in [9.17, 15) is 14.7 Å². The zero-order chi connectivity index (χ0) is 15.4. The highest BCUT2D eigenvalue weighted by molar-refractivity contribution is 8.00. The number of aryl methyl sites for hydroxylation is 1. The molecule has 0 spiro atoms. The van der Waals surface area contributed by atoms with E-state index >= 15 is 0 Å². The molecule has 0 aromatic heterocycles. The van der Waals surface area contributed by atoms with Crippen LogP contribution in [0, 0.1) is 0 Å². The third-order valence-corrected chi connectivity index (χ3v) is 5.05. The van der Waals surface area contributed by atoms with Gasteiger partial charge in [-0.05, 0) is 24.5 Å². The molecule has 1 aliphatic rings. The molecule has 1 aromatic carbocycles. The molecule has 114 valence electrons. The van der Waals surface area contributed by atoms with Gasteiger partial charge in [-0.1, -0.05) is 32.0 Å². The van der Waals surface area contributed by atoms with Crippen LogP contribution < -0.4 is 5.32 Å². The molecule has 0 bridgehead atoms. The molecular weight excluding hydrogens is 288 g/mol. The minimum Gasteiger partial charge on any atom is -0.480 e. The van der Waals surface area contributed by atoms with Crippen molar-refractivity contribution in [1.82, 2.24) is 4.90 Å². The lowest BCUT2D eigenvalue weighted by Gasteiger charge is -2.27. The zero-order valence-corrected chi connectivity index (χ0v) is 13.0. The standard InChI is InChI=1S/C15H20N2O3S/c1-3-10-7-5-6-8-11(10)16-15(20)17-12(14(18)19)9-21-13(17)4-2/h5-8,12-13H,3-4,9H2,1-2H3,(H,16,20)(H,18,19). The topological polar surface area (TPSA) is 69.6 Å². The van der Waals surface area contributed by atoms with Crippen molar-refractivity contribution < 1.29 is 14.7 Å². The normalized spacial score (nSPS) is 21.3. The van der Waals surface area contributed by atoms with Crippen LogP contribution in [0.1, 0.15) is 25.8 Å². The SMILES string of the molecule is CCc1ccccc1NC(=O)N1C(CC)SCC1C(=O)O. The van der Waals surface area contributed by atoms with Crippen LogP contribution in [0.5, 0.6) is 0 Å². The molecular formula is C15H20N2O3S. The number of aliphatic carboxylic acids is 1. The fourth-order valence-corrected chi connectivity index (χ4v) is 3.82. The van der Waals surface area contributed by atoms with E-state index in [0.29, 0.717) is 5.75 Å². The van der Waals surface area contributed by atoms with Crippen molar-refractivity contribution in [1.29, 1.82) is 0 Å². The van der Waals surface area contributed by atoms with Crippen LogP contribution in [0.4, 0.5) is 10.5 Å². The number of thioether (sulfide) groups is 1. The first-order chi connectivity index (χ1) is 10.1. The van der Waals surface area contributed by atoms with Crippen LogP contribution in [-0.4, -0.2) is 39.2 Å². The molecule has 6 heteroatoms. The van der Waals surface area contributed by atoms with Crippen molar-refractivity contribution in [2.45, 2.75) is 38.1 Å². The Labute approximate surface area is 128 Å². The molecule has 0 aliphatic carbocycles. The number of carbonyl (C=O) groups is 2.